The number of benzene rings is 3. The number of nitrogens with one attached hydrogen (secondary N) is 1. The predicted octanol–water partition coefficient (Wildman–Crippen LogP) is 4.29. The van der Waals surface area contributed by atoms with Crippen molar-refractivity contribution >= 4 is 28.8 Å². The van der Waals surface area contributed by atoms with Crippen LogP contribution in [0, 0.1) is 5.92 Å². The number of amides is 1. The van der Waals surface area contributed by atoms with Gasteiger partial charge in [-0.05, 0) is 17.5 Å². The lowest BCUT2D eigenvalue weighted by molar-refractivity contribution is -0.147. The minimum atomic E-state index is -0.954. The monoisotopic (exact) mass is 491 g/mol. The molecule has 0 aromatic heterocycles. The molecule has 0 aliphatic carbocycles. The molecule has 0 heterocycles. The zero-order valence-electron chi connectivity index (χ0n) is 19.6. The van der Waals surface area contributed by atoms with E-state index in [1.165, 1.54) is 7.11 Å². The number of carbonyl (C=O) groups is 3. The number of ether oxygens (including phenoxy) is 2. The molecule has 182 valence electrons. The number of thioether (sulfide) groups is 1. The molecule has 0 saturated heterocycles. The number of hydrogen-bond acceptors (Lipinski definition) is 6. The number of esters is 1. The molecule has 0 radical (unpaired) electrons. The zero-order valence-corrected chi connectivity index (χ0v) is 20.4. The Labute approximate surface area is 210 Å². The Morgan fingerprint density at radius 3 is 2.00 bits per heavy atom. The fourth-order valence-electron chi connectivity index (χ4n) is 3.43. The van der Waals surface area contributed by atoms with E-state index in [0.717, 1.165) is 22.9 Å². The Balaban J connectivity index is 1.65. The minimum Gasteiger partial charge on any atom is -0.467 e. The topological polar surface area (TPSA) is 81.7 Å². The van der Waals surface area contributed by atoms with E-state index in [9.17, 15) is 14.4 Å². The maximum absolute atomic E-state index is 13.3. The van der Waals surface area contributed by atoms with Gasteiger partial charge in [-0.3, -0.25) is 9.59 Å². The van der Waals surface area contributed by atoms with Crippen molar-refractivity contribution in [3.05, 3.63) is 108 Å². The lowest BCUT2D eigenvalue weighted by Gasteiger charge is -2.21. The van der Waals surface area contributed by atoms with Gasteiger partial charge in [-0.2, -0.15) is 0 Å². The molecule has 0 fully saturated rings. The Kier molecular flexibility index (Phi) is 10.5. The summed E-state index contributed by atoms with van der Waals surface area (Å²) in [6, 6.07) is 27.1. The second-order valence-corrected chi connectivity index (χ2v) is 8.93. The number of methoxy groups -OCH3 is 1. The Bertz CT molecular complexity index is 1080. The van der Waals surface area contributed by atoms with Crippen LogP contribution in [0.2, 0.25) is 0 Å². The molecule has 0 aliphatic rings. The summed E-state index contributed by atoms with van der Waals surface area (Å²) in [6.45, 7) is 0.278. The summed E-state index contributed by atoms with van der Waals surface area (Å²) in [5, 5.41) is 2.67. The average Bonchev–Trinajstić information content (AvgIpc) is 2.91. The summed E-state index contributed by atoms with van der Waals surface area (Å²) in [6.07, 6.45) is 0.431. The van der Waals surface area contributed by atoms with E-state index in [4.69, 9.17) is 9.47 Å². The third-order valence-corrected chi connectivity index (χ3v) is 6.39. The van der Waals surface area contributed by atoms with Gasteiger partial charge >= 0.3 is 5.97 Å². The number of hydrogen-bond donors (Lipinski definition) is 1. The summed E-state index contributed by atoms with van der Waals surface area (Å²) in [7, 11) is 1.27. The molecule has 3 rings (SSSR count). The van der Waals surface area contributed by atoms with E-state index in [0.29, 0.717) is 18.6 Å². The van der Waals surface area contributed by atoms with Gasteiger partial charge in [-0.1, -0.05) is 103 Å². The first-order valence-corrected chi connectivity index (χ1v) is 12.3. The maximum Gasteiger partial charge on any atom is 0.330 e. The van der Waals surface area contributed by atoms with Gasteiger partial charge in [0.25, 0.3) is 0 Å². The van der Waals surface area contributed by atoms with Crippen molar-refractivity contribution in [1.29, 1.82) is 0 Å². The maximum atomic E-state index is 13.3. The summed E-state index contributed by atoms with van der Waals surface area (Å²) in [5.74, 6) is -1.18. The van der Waals surface area contributed by atoms with E-state index in [1.54, 1.807) is 24.3 Å². The van der Waals surface area contributed by atoms with Crippen molar-refractivity contribution in [2.45, 2.75) is 19.1 Å². The lowest BCUT2D eigenvalue weighted by atomic mass is 10.00. The van der Waals surface area contributed by atoms with E-state index in [1.807, 2.05) is 66.7 Å². The molecule has 0 bridgehead atoms. The molecule has 3 aromatic rings. The van der Waals surface area contributed by atoms with Crippen molar-refractivity contribution in [1.82, 2.24) is 5.32 Å². The van der Waals surface area contributed by atoms with Crippen molar-refractivity contribution in [2.75, 3.05) is 19.5 Å². The highest BCUT2D eigenvalue weighted by Gasteiger charge is 2.27. The van der Waals surface area contributed by atoms with Gasteiger partial charge in [0, 0.05) is 11.3 Å². The van der Waals surface area contributed by atoms with Gasteiger partial charge in [-0.25, -0.2) is 4.79 Å². The van der Waals surface area contributed by atoms with Crippen LogP contribution in [0.15, 0.2) is 91.0 Å². The fraction of sp³-hybridized carbons (Fsp3) is 0.250. The van der Waals surface area contributed by atoms with Gasteiger partial charge in [0.15, 0.2) is 6.04 Å². The zero-order chi connectivity index (χ0) is 24.9. The lowest BCUT2D eigenvalue weighted by Crippen LogP contribution is -2.47. The van der Waals surface area contributed by atoms with Gasteiger partial charge in [-0.15, -0.1) is 0 Å². The summed E-state index contributed by atoms with van der Waals surface area (Å²) < 4.78 is 10.6. The van der Waals surface area contributed by atoms with Crippen LogP contribution < -0.4 is 5.32 Å². The minimum absolute atomic E-state index is 0.0263. The summed E-state index contributed by atoms with van der Waals surface area (Å²) in [4.78, 5) is 38.2. The van der Waals surface area contributed by atoms with Crippen LogP contribution in [0.5, 0.6) is 0 Å². The fourth-order valence-corrected chi connectivity index (χ4v) is 4.35. The van der Waals surface area contributed by atoms with E-state index >= 15 is 0 Å². The van der Waals surface area contributed by atoms with Crippen LogP contribution in [0.3, 0.4) is 0 Å². The third-order valence-electron chi connectivity index (χ3n) is 5.32. The molecular weight excluding hydrogens is 462 g/mol. The summed E-state index contributed by atoms with van der Waals surface area (Å²) >= 11 is 1.09. The van der Waals surface area contributed by atoms with Crippen LogP contribution in [-0.2, 0) is 32.1 Å². The smallest absolute Gasteiger partial charge is 0.330 e. The largest absolute Gasteiger partial charge is 0.467 e. The van der Waals surface area contributed by atoms with Crippen molar-refractivity contribution in [2.24, 2.45) is 5.92 Å². The Morgan fingerprint density at radius 1 is 0.829 bits per heavy atom. The second-order valence-electron chi connectivity index (χ2n) is 7.94. The first-order valence-electron chi connectivity index (χ1n) is 11.3. The molecular formula is C28H29NO5S. The Morgan fingerprint density at radius 2 is 1.40 bits per heavy atom. The van der Waals surface area contributed by atoms with Crippen LogP contribution in [-0.4, -0.2) is 42.5 Å². The highest BCUT2D eigenvalue weighted by Crippen LogP contribution is 2.20. The summed E-state index contributed by atoms with van der Waals surface area (Å²) in [5.41, 5.74) is 2.51. The molecule has 3 aromatic carbocycles. The predicted molar refractivity (Wildman–Crippen MR) is 137 cm³/mol. The molecule has 0 spiro atoms. The molecule has 1 amide bonds. The van der Waals surface area contributed by atoms with Gasteiger partial charge < -0.3 is 14.8 Å². The highest BCUT2D eigenvalue weighted by atomic mass is 32.2. The van der Waals surface area contributed by atoms with Crippen molar-refractivity contribution in [3.63, 3.8) is 0 Å². The highest BCUT2D eigenvalue weighted by molar-refractivity contribution is 8.14. The van der Waals surface area contributed by atoms with Gasteiger partial charge in [0.05, 0.1) is 26.2 Å². The standard InChI is InChI=1S/C28H29NO5S/c1-33-27(31)25(19-34-18-22-13-7-3-8-14-22)29-26(30)24(17-21-11-5-2-6-12-21)20-35-28(32)23-15-9-4-10-16-23/h2-16,24-25H,17-20H2,1H3,(H,29,30)/t24-,25-/m0/s1. The van der Waals surface area contributed by atoms with Crippen LogP contribution in [0.1, 0.15) is 21.5 Å². The van der Waals surface area contributed by atoms with Crippen LogP contribution >= 0.6 is 11.8 Å². The van der Waals surface area contributed by atoms with E-state index in [-0.39, 0.29) is 23.4 Å². The number of rotatable bonds is 12. The van der Waals surface area contributed by atoms with E-state index < -0.39 is 17.9 Å². The quantitative estimate of drug-likeness (QED) is 0.381. The average molecular weight is 492 g/mol. The second kappa shape index (κ2) is 14.1. The van der Waals surface area contributed by atoms with Crippen molar-refractivity contribution < 1.29 is 23.9 Å². The van der Waals surface area contributed by atoms with Crippen molar-refractivity contribution in [3.8, 4) is 0 Å². The van der Waals surface area contributed by atoms with Crippen LogP contribution in [0.25, 0.3) is 0 Å². The molecule has 7 heteroatoms. The Hall–Kier alpha value is -3.42. The normalized spacial score (nSPS) is 12.4. The molecule has 2 atom stereocenters. The van der Waals surface area contributed by atoms with Gasteiger partial charge in [0.1, 0.15) is 0 Å². The molecule has 6 nitrogen and oxygen atoms in total. The SMILES string of the molecule is COC(=O)[C@H](COCc1ccccc1)NC(=O)[C@H](CSC(=O)c1ccccc1)Cc1ccccc1. The number of carbonyl (C=O) groups excluding carboxylic acids is 3. The van der Waals surface area contributed by atoms with E-state index in [2.05, 4.69) is 5.32 Å². The molecule has 1 N–H and O–H groups in total. The molecule has 0 saturated carbocycles. The molecule has 0 unspecified atom stereocenters. The first kappa shape index (κ1) is 26.2. The first-order chi connectivity index (χ1) is 17.1. The molecule has 35 heavy (non-hydrogen) atoms. The van der Waals surface area contributed by atoms with Crippen LogP contribution in [0.4, 0.5) is 0 Å². The molecule has 0 aliphatic heterocycles. The van der Waals surface area contributed by atoms with Gasteiger partial charge in [0.2, 0.25) is 11.0 Å². The third kappa shape index (κ3) is 8.70.